The Balaban J connectivity index is 1.28. The molecule has 0 aromatic heterocycles. The Morgan fingerprint density at radius 2 is 1.56 bits per heavy atom. The Bertz CT molecular complexity index is 829. The number of aliphatic hydroxyl groups excluding tert-OH is 2. The summed E-state index contributed by atoms with van der Waals surface area (Å²) in [5.74, 6) is 1.36. The van der Waals surface area contributed by atoms with Crippen LogP contribution in [0.2, 0.25) is 10.0 Å². The number of aliphatic hydroxyl groups is 2. The molecule has 0 saturated carbocycles. The van der Waals surface area contributed by atoms with Crippen molar-refractivity contribution in [3.8, 4) is 11.5 Å². The summed E-state index contributed by atoms with van der Waals surface area (Å²) in [5, 5.41) is 24.8. The molecule has 8 heteroatoms. The van der Waals surface area contributed by atoms with E-state index in [1.807, 2.05) is 31.2 Å². The van der Waals surface area contributed by atoms with E-state index in [0.29, 0.717) is 34.9 Å². The number of aryl methyl sites for hydroxylation is 1. The number of nitrogens with zero attached hydrogens (tertiary/aromatic N) is 1. The Hall–Kier alpha value is -1.54. The largest absolute Gasteiger partial charge is 0.491 e. The molecular weight excluding hydrogens is 451 g/mol. The maximum Gasteiger partial charge on any atom is 0.121 e. The predicted molar refractivity (Wildman–Crippen MR) is 128 cm³/mol. The lowest BCUT2D eigenvalue weighted by molar-refractivity contribution is 0.0556. The van der Waals surface area contributed by atoms with Crippen LogP contribution in [-0.2, 0) is 0 Å². The van der Waals surface area contributed by atoms with Gasteiger partial charge in [0, 0.05) is 25.2 Å². The highest BCUT2D eigenvalue weighted by Gasteiger charge is 2.21. The van der Waals surface area contributed by atoms with Crippen molar-refractivity contribution in [1.82, 2.24) is 10.2 Å². The molecule has 6 nitrogen and oxygen atoms in total. The number of piperidine rings is 1. The van der Waals surface area contributed by atoms with Crippen LogP contribution < -0.4 is 14.8 Å². The molecule has 0 bridgehead atoms. The van der Waals surface area contributed by atoms with E-state index in [0.717, 1.165) is 31.7 Å². The third-order valence-corrected chi connectivity index (χ3v) is 6.23. The van der Waals surface area contributed by atoms with Gasteiger partial charge < -0.3 is 29.9 Å². The summed E-state index contributed by atoms with van der Waals surface area (Å²) in [5.41, 5.74) is 1.18. The van der Waals surface area contributed by atoms with Crippen molar-refractivity contribution < 1.29 is 19.7 Å². The second kappa shape index (κ2) is 12.6. The fraction of sp³-hybridized carbons (Fsp3) is 0.500. The number of benzene rings is 2. The van der Waals surface area contributed by atoms with Gasteiger partial charge >= 0.3 is 0 Å². The SMILES string of the molecule is Cc1ccc(OC[C@H](O)CNC2CCN(C[C@@H](O)COc3ccc(Cl)c(Cl)c3)CC2)cc1. The molecule has 1 aliphatic heterocycles. The molecule has 2 aromatic carbocycles. The summed E-state index contributed by atoms with van der Waals surface area (Å²) in [6.07, 6.45) is 0.780. The first-order valence-electron chi connectivity index (χ1n) is 11.0. The predicted octanol–water partition coefficient (Wildman–Crippen LogP) is 3.54. The molecule has 0 radical (unpaired) electrons. The number of likely N-dealkylation sites (tertiary alicyclic amines) is 1. The molecule has 0 unspecified atom stereocenters. The van der Waals surface area contributed by atoms with Crippen molar-refractivity contribution in [3.63, 3.8) is 0 Å². The maximum absolute atomic E-state index is 10.3. The molecule has 2 aromatic rings. The lowest BCUT2D eigenvalue weighted by atomic mass is 10.0. The van der Waals surface area contributed by atoms with Crippen LogP contribution >= 0.6 is 23.2 Å². The number of hydrogen-bond donors (Lipinski definition) is 3. The normalized spacial score (nSPS) is 17.2. The van der Waals surface area contributed by atoms with Crippen LogP contribution in [0.4, 0.5) is 0 Å². The van der Waals surface area contributed by atoms with Crippen LogP contribution in [0, 0.1) is 6.92 Å². The number of β-amino-alcohol motifs (C(OH)–C–C–N with tert-alkyl or cyclic N) is 1. The summed E-state index contributed by atoms with van der Waals surface area (Å²) in [4.78, 5) is 2.23. The van der Waals surface area contributed by atoms with Gasteiger partial charge in [0.2, 0.25) is 0 Å². The van der Waals surface area contributed by atoms with Crippen molar-refractivity contribution >= 4 is 23.2 Å². The maximum atomic E-state index is 10.3. The Labute approximate surface area is 200 Å². The molecule has 2 atom stereocenters. The van der Waals surface area contributed by atoms with Gasteiger partial charge in [-0.2, -0.15) is 0 Å². The van der Waals surface area contributed by atoms with Crippen LogP contribution in [0.1, 0.15) is 18.4 Å². The van der Waals surface area contributed by atoms with Crippen molar-refractivity contribution in [2.45, 2.75) is 38.0 Å². The average molecular weight is 483 g/mol. The summed E-state index contributed by atoms with van der Waals surface area (Å²) in [6.45, 7) is 5.32. The fourth-order valence-corrected chi connectivity index (χ4v) is 3.91. The molecule has 1 aliphatic rings. The smallest absolute Gasteiger partial charge is 0.121 e. The third kappa shape index (κ3) is 8.43. The van der Waals surface area contributed by atoms with Crippen LogP contribution in [-0.4, -0.2) is 72.8 Å². The minimum absolute atomic E-state index is 0.198. The van der Waals surface area contributed by atoms with E-state index in [1.165, 1.54) is 5.56 Å². The molecule has 1 heterocycles. The zero-order valence-electron chi connectivity index (χ0n) is 18.3. The Kier molecular flexibility index (Phi) is 9.91. The molecule has 3 N–H and O–H groups in total. The molecular formula is C24H32Cl2N2O4. The molecule has 1 fully saturated rings. The molecule has 1 saturated heterocycles. The summed E-state index contributed by atoms with van der Waals surface area (Å²) in [6, 6.07) is 13.2. The molecule has 0 spiro atoms. The molecule has 0 aliphatic carbocycles. The minimum Gasteiger partial charge on any atom is -0.491 e. The fourth-order valence-electron chi connectivity index (χ4n) is 3.62. The topological polar surface area (TPSA) is 74.2 Å². The van der Waals surface area contributed by atoms with Gasteiger partial charge in [-0.25, -0.2) is 0 Å². The highest BCUT2D eigenvalue weighted by Crippen LogP contribution is 2.26. The zero-order chi connectivity index (χ0) is 22.9. The van der Waals surface area contributed by atoms with Gasteiger partial charge in [0.25, 0.3) is 0 Å². The van der Waals surface area contributed by atoms with Gasteiger partial charge in [0.15, 0.2) is 0 Å². The van der Waals surface area contributed by atoms with Gasteiger partial charge in [-0.05, 0) is 57.1 Å². The van der Waals surface area contributed by atoms with Gasteiger partial charge in [-0.3, -0.25) is 0 Å². The third-order valence-electron chi connectivity index (χ3n) is 5.50. The van der Waals surface area contributed by atoms with Crippen LogP contribution in [0.15, 0.2) is 42.5 Å². The molecule has 176 valence electrons. The number of halogens is 2. The van der Waals surface area contributed by atoms with E-state index in [-0.39, 0.29) is 13.2 Å². The number of hydrogen-bond acceptors (Lipinski definition) is 6. The summed E-state index contributed by atoms with van der Waals surface area (Å²) >= 11 is 11.9. The minimum atomic E-state index is -0.588. The van der Waals surface area contributed by atoms with E-state index >= 15 is 0 Å². The van der Waals surface area contributed by atoms with Gasteiger partial charge in [0.05, 0.1) is 10.0 Å². The molecule has 0 amide bonds. The molecule has 32 heavy (non-hydrogen) atoms. The highest BCUT2D eigenvalue weighted by atomic mass is 35.5. The molecule has 3 rings (SSSR count). The first-order chi connectivity index (χ1) is 15.4. The van der Waals surface area contributed by atoms with Gasteiger partial charge in [0.1, 0.15) is 36.9 Å². The summed E-state index contributed by atoms with van der Waals surface area (Å²) in [7, 11) is 0. The van der Waals surface area contributed by atoms with E-state index in [4.69, 9.17) is 32.7 Å². The van der Waals surface area contributed by atoms with Crippen molar-refractivity contribution in [2.75, 3.05) is 39.4 Å². The van der Waals surface area contributed by atoms with Crippen molar-refractivity contribution in [2.24, 2.45) is 0 Å². The van der Waals surface area contributed by atoms with E-state index in [9.17, 15) is 10.2 Å². The van der Waals surface area contributed by atoms with Crippen molar-refractivity contribution in [1.29, 1.82) is 0 Å². The Morgan fingerprint density at radius 3 is 2.25 bits per heavy atom. The van der Waals surface area contributed by atoms with Gasteiger partial charge in [-0.1, -0.05) is 40.9 Å². The van der Waals surface area contributed by atoms with E-state index in [1.54, 1.807) is 18.2 Å². The van der Waals surface area contributed by atoms with Crippen LogP contribution in [0.5, 0.6) is 11.5 Å². The number of ether oxygens (including phenoxy) is 2. The Morgan fingerprint density at radius 1 is 0.938 bits per heavy atom. The van der Waals surface area contributed by atoms with Crippen molar-refractivity contribution in [3.05, 3.63) is 58.1 Å². The number of nitrogens with one attached hydrogen (secondary N) is 1. The second-order valence-electron chi connectivity index (χ2n) is 8.30. The van der Waals surface area contributed by atoms with E-state index < -0.39 is 12.2 Å². The zero-order valence-corrected chi connectivity index (χ0v) is 19.9. The lowest BCUT2D eigenvalue weighted by Gasteiger charge is -2.33. The summed E-state index contributed by atoms with van der Waals surface area (Å²) < 4.78 is 11.3. The highest BCUT2D eigenvalue weighted by molar-refractivity contribution is 6.42. The lowest BCUT2D eigenvalue weighted by Crippen LogP contribution is -2.47. The second-order valence-corrected chi connectivity index (χ2v) is 9.12. The monoisotopic (exact) mass is 482 g/mol. The van der Waals surface area contributed by atoms with Gasteiger partial charge in [-0.15, -0.1) is 0 Å². The standard InChI is InChI=1S/C24H32Cl2N2O4/c1-17-2-4-21(5-3-17)31-15-19(29)13-27-18-8-10-28(11-9-18)14-20(30)16-32-22-6-7-23(25)24(26)12-22/h2-7,12,18-20,27,29-30H,8-11,13-16H2,1H3/t19-,20-/m1/s1. The number of rotatable bonds is 11. The average Bonchev–Trinajstić information content (AvgIpc) is 2.79. The van der Waals surface area contributed by atoms with E-state index in [2.05, 4.69) is 10.2 Å². The first kappa shape index (κ1) is 25.1. The van der Waals surface area contributed by atoms with Crippen LogP contribution in [0.3, 0.4) is 0 Å². The van der Waals surface area contributed by atoms with Crippen LogP contribution in [0.25, 0.3) is 0 Å². The first-order valence-corrected chi connectivity index (χ1v) is 11.7. The quantitative estimate of drug-likeness (QED) is 0.454.